The second-order valence-electron chi connectivity index (χ2n) is 5.39. The lowest BCUT2D eigenvalue weighted by Gasteiger charge is -2.35. The number of hydrogen-bond acceptors (Lipinski definition) is 5. The van der Waals surface area contributed by atoms with E-state index in [-0.39, 0.29) is 11.4 Å². The molecule has 0 aliphatic carbocycles. The molecule has 1 aromatic heterocycles. The molecule has 5 nitrogen and oxygen atoms in total. The Bertz CT molecular complexity index is 431. The number of aromatic nitrogens is 2. The van der Waals surface area contributed by atoms with Crippen LogP contribution in [0.15, 0.2) is 6.20 Å². The van der Waals surface area contributed by atoms with Gasteiger partial charge in [0.1, 0.15) is 0 Å². The second kappa shape index (κ2) is 3.74. The molecule has 2 aliphatic heterocycles. The van der Waals surface area contributed by atoms with Gasteiger partial charge in [0.25, 0.3) is 5.91 Å². The van der Waals surface area contributed by atoms with Crippen LogP contribution >= 0.6 is 11.7 Å². The summed E-state index contributed by atoms with van der Waals surface area (Å²) in [5.41, 5.74) is 0.394. The summed E-state index contributed by atoms with van der Waals surface area (Å²) in [6.07, 6.45) is 1.56. The molecule has 6 heteroatoms. The zero-order chi connectivity index (χ0) is 12.0. The van der Waals surface area contributed by atoms with Gasteiger partial charge >= 0.3 is 0 Å². The number of hydrogen-bond donors (Lipinski definition) is 1. The maximum atomic E-state index is 12.4. The molecule has 2 unspecified atom stereocenters. The fourth-order valence-electron chi connectivity index (χ4n) is 3.16. The molecule has 0 spiro atoms. The quantitative estimate of drug-likeness (QED) is 0.795. The highest BCUT2D eigenvalue weighted by molar-refractivity contribution is 6.99. The van der Waals surface area contributed by atoms with E-state index in [4.69, 9.17) is 0 Å². The van der Waals surface area contributed by atoms with Gasteiger partial charge in [-0.3, -0.25) is 4.79 Å². The van der Waals surface area contributed by atoms with Gasteiger partial charge in [-0.05, 0) is 25.7 Å². The van der Waals surface area contributed by atoms with Gasteiger partial charge in [-0.15, -0.1) is 0 Å². The Morgan fingerprint density at radius 1 is 1.59 bits per heavy atom. The third-order valence-corrected chi connectivity index (χ3v) is 4.66. The molecule has 92 valence electrons. The predicted octanol–water partition coefficient (Wildman–Crippen LogP) is 0.608. The van der Waals surface area contributed by atoms with Crippen LogP contribution in [0.4, 0.5) is 0 Å². The standard InChI is InChI=1S/C11H16N4OS/c1-11(2)8-4-12-3-7(8)6-15(11)10(16)9-5-13-17-14-9/h5,7-8,12H,3-4,6H2,1-2H3. The first kappa shape index (κ1) is 11.1. The minimum absolute atomic E-state index is 0.0261. The molecule has 17 heavy (non-hydrogen) atoms. The predicted molar refractivity (Wildman–Crippen MR) is 64.9 cm³/mol. The summed E-state index contributed by atoms with van der Waals surface area (Å²) in [5.74, 6) is 1.16. The van der Waals surface area contributed by atoms with Crippen LogP contribution in [0.1, 0.15) is 24.3 Å². The topological polar surface area (TPSA) is 58.1 Å². The Morgan fingerprint density at radius 2 is 2.41 bits per heavy atom. The van der Waals surface area contributed by atoms with Gasteiger partial charge in [-0.25, -0.2) is 0 Å². The molecular weight excluding hydrogens is 236 g/mol. The number of fused-ring (bicyclic) bond motifs is 1. The van der Waals surface area contributed by atoms with Gasteiger partial charge < -0.3 is 10.2 Å². The largest absolute Gasteiger partial charge is 0.331 e. The van der Waals surface area contributed by atoms with Crippen molar-refractivity contribution in [1.82, 2.24) is 19.0 Å². The molecule has 0 aromatic carbocycles. The molecule has 2 aliphatic rings. The third-order valence-electron chi connectivity index (χ3n) is 4.19. The third kappa shape index (κ3) is 1.58. The Kier molecular flexibility index (Phi) is 2.45. The Labute approximate surface area is 105 Å². The lowest BCUT2D eigenvalue weighted by Crippen LogP contribution is -2.47. The molecule has 0 bridgehead atoms. The minimum atomic E-state index is -0.0884. The van der Waals surface area contributed by atoms with Crippen molar-refractivity contribution in [3.05, 3.63) is 11.9 Å². The van der Waals surface area contributed by atoms with E-state index in [0.717, 1.165) is 31.4 Å². The van der Waals surface area contributed by atoms with Crippen molar-refractivity contribution in [3.63, 3.8) is 0 Å². The van der Waals surface area contributed by atoms with Gasteiger partial charge in [0.05, 0.1) is 17.9 Å². The van der Waals surface area contributed by atoms with Crippen LogP contribution < -0.4 is 5.32 Å². The molecule has 1 aromatic rings. The van der Waals surface area contributed by atoms with Gasteiger partial charge in [-0.2, -0.15) is 8.75 Å². The molecular formula is C11H16N4OS. The number of nitrogens with one attached hydrogen (secondary N) is 1. The van der Waals surface area contributed by atoms with Crippen LogP contribution in [0, 0.1) is 11.8 Å². The maximum Gasteiger partial charge on any atom is 0.275 e. The number of likely N-dealkylation sites (tertiary alicyclic amines) is 1. The molecule has 2 atom stereocenters. The summed E-state index contributed by atoms with van der Waals surface area (Å²) < 4.78 is 7.95. The molecule has 3 rings (SSSR count). The first-order valence-electron chi connectivity index (χ1n) is 5.91. The highest BCUT2D eigenvalue weighted by Crippen LogP contribution is 2.41. The van der Waals surface area contributed by atoms with Crippen molar-refractivity contribution in [3.8, 4) is 0 Å². The molecule has 2 saturated heterocycles. The molecule has 1 amide bonds. The van der Waals surface area contributed by atoms with Crippen LogP contribution in [-0.2, 0) is 0 Å². The number of carbonyl (C=O) groups excluding carboxylic acids is 1. The van der Waals surface area contributed by atoms with E-state index in [9.17, 15) is 4.79 Å². The molecule has 3 heterocycles. The fraction of sp³-hybridized carbons (Fsp3) is 0.727. The zero-order valence-electron chi connectivity index (χ0n) is 10.0. The number of carbonyl (C=O) groups is 1. The first-order chi connectivity index (χ1) is 8.10. The number of rotatable bonds is 1. The van der Waals surface area contributed by atoms with E-state index in [0.29, 0.717) is 17.5 Å². The summed E-state index contributed by atoms with van der Waals surface area (Å²) in [7, 11) is 0. The van der Waals surface area contributed by atoms with Crippen LogP contribution in [0.3, 0.4) is 0 Å². The minimum Gasteiger partial charge on any atom is -0.331 e. The van der Waals surface area contributed by atoms with E-state index in [2.05, 4.69) is 27.9 Å². The van der Waals surface area contributed by atoms with E-state index < -0.39 is 0 Å². The van der Waals surface area contributed by atoms with E-state index in [1.54, 1.807) is 6.20 Å². The zero-order valence-corrected chi connectivity index (χ0v) is 10.8. The lowest BCUT2D eigenvalue weighted by molar-refractivity contribution is 0.0598. The summed E-state index contributed by atoms with van der Waals surface area (Å²) in [6.45, 7) is 7.18. The van der Waals surface area contributed by atoms with Gasteiger partial charge in [0.15, 0.2) is 5.69 Å². The fourth-order valence-corrected chi connectivity index (χ4v) is 3.57. The van der Waals surface area contributed by atoms with E-state index in [1.165, 1.54) is 0 Å². The number of nitrogens with zero attached hydrogens (tertiary/aromatic N) is 3. The van der Waals surface area contributed by atoms with Gasteiger partial charge in [0, 0.05) is 25.2 Å². The van der Waals surface area contributed by atoms with Crippen LogP contribution in [0.2, 0.25) is 0 Å². The van der Waals surface area contributed by atoms with Gasteiger partial charge in [-0.1, -0.05) is 0 Å². The van der Waals surface area contributed by atoms with E-state index >= 15 is 0 Å². The van der Waals surface area contributed by atoms with Crippen molar-refractivity contribution < 1.29 is 4.79 Å². The summed E-state index contributed by atoms with van der Waals surface area (Å²) in [5, 5.41) is 3.41. The van der Waals surface area contributed by atoms with Gasteiger partial charge in [0.2, 0.25) is 0 Å². The molecule has 2 fully saturated rings. The first-order valence-corrected chi connectivity index (χ1v) is 6.64. The SMILES string of the molecule is CC1(C)C2CNCC2CN1C(=O)c1cnsn1. The average Bonchev–Trinajstić information content (AvgIpc) is 2.97. The second-order valence-corrected chi connectivity index (χ2v) is 5.94. The molecule has 0 radical (unpaired) electrons. The van der Waals surface area contributed by atoms with Crippen molar-refractivity contribution in [2.75, 3.05) is 19.6 Å². The molecule has 0 saturated carbocycles. The Hall–Kier alpha value is -1.01. The highest BCUT2D eigenvalue weighted by Gasteiger charge is 2.51. The van der Waals surface area contributed by atoms with E-state index in [1.807, 2.05) is 4.90 Å². The molecule has 1 N–H and O–H groups in total. The van der Waals surface area contributed by atoms with Crippen molar-refractivity contribution in [1.29, 1.82) is 0 Å². The maximum absolute atomic E-state index is 12.4. The Balaban J connectivity index is 1.87. The summed E-state index contributed by atoms with van der Waals surface area (Å²) in [4.78, 5) is 14.3. The van der Waals surface area contributed by atoms with Crippen molar-refractivity contribution in [2.24, 2.45) is 11.8 Å². The summed E-state index contributed by atoms with van der Waals surface area (Å²) >= 11 is 1.09. The number of amides is 1. The smallest absolute Gasteiger partial charge is 0.275 e. The highest BCUT2D eigenvalue weighted by atomic mass is 32.1. The van der Waals surface area contributed by atoms with Crippen LogP contribution in [0.5, 0.6) is 0 Å². The van der Waals surface area contributed by atoms with Crippen molar-refractivity contribution >= 4 is 17.6 Å². The lowest BCUT2D eigenvalue weighted by atomic mass is 9.85. The van der Waals surface area contributed by atoms with Crippen LogP contribution in [0.25, 0.3) is 0 Å². The van der Waals surface area contributed by atoms with Crippen molar-refractivity contribution in [2.45, 2.75) is 19.4 Å². The average molecular weight is 252 g/mol. The summed E-state index contributed by atoms with van der Waals surface area (Å²) in [6, 6.07) is 0. The Morgan fingerprint density at radius 3 is 3.06 bits per heavy atom. The monoisotopic (exact) mass is 252 g/mol. The normalized spacial score (nSPS) is 30.6. The van der Waals surface area contributed by atoms with Crippen LogP contribution in [-0.4, -0.2) is 44.7 Å².